The second kappa shape index (κ2) is 7.68. The van der Waals surface area contributed by atoms with Crippen molar-refractivity contribution >= 4 is 33.2 Å². The van der Waals surface area contributed by atoms with Crippen molar-refractivity contribution in [2.75, 3.05) is 6.61 Å². The summed E-state index contributed by atoms with van der Waals surface area (Å²) in [6.07, 6.45) is 0. The molecule has 6 heteroatoms. The lowest BCUT2D eigenvalue weighted by Gasteiger charge is -2.17. The minimum atomic E-state index is -0.621. The standard InChI is InChI=1S/C15H15BrFNO2S/c1-2-20-15(19)14(18-9-11-4-3-7-21-11)10-5-6-13(17)12(16)8-10/h3-8,14,18H,2,9H2,1H3. The predicted molar refractivity (Wildman–Crippen MR) is 84.6 cm³/mol. The first-order valence-corrected chi connectivity index (χ1v) is 8.16. The summed E-state index contributed by atoms with van der Waals surface area (Å²) in [5.41, 5.74) is 0.665. The smallest absolute Gasteiger partial charge is 0.327 e. The van der Waals surface area contributed by atoms with Crippen LogP contribution in [-0.2, 0) is 16.1 Å². The summed E-state index contributed by atoms with van der Waals surface area (Å²) < 4.78 is 18.8. The van der Waals surface area contributed by atoms with Gasteiger partial charge in [0, 0.05) is 11.4 Å². The molecule has 2 rings (SSSR count). The molecule has 1 heterocycles. The molecule has 0 aliphatic rings. The van der Waals surface area contributed by atoms with Crippen LogP contribution >= 0.6 is 27.3 Å². The summed E-state index contributed by atoms with van der Waals surface area (Å²) in [4.78, 5) is 13.2. The lowest BCUT2D eigenvalue weighted by atomic mass is 10.1. The number of thiophene rings is 1. The number of rotatable bonds is 6. The molecule has 1 unspecified atom stereocenters. The van der Waals surface area contributed by atoms with Crippen LogP contribution in [0, 0.1) is 5.82 Å². The number of nitrogens with one attached hydrogen (secondary N) is 1. The first kappa shape index (κ1) is 16.1. The van der Waals surface area contributed by atoms with E-state index in [2.05, 4.69) is 21.2 Å². The van der Waals surface area contributed by atoms with Gasteiger partial charge in [-0.15, -0.1) is 11.3 Å². The average Bonchev–Trinajstić information content (AvgIpc) is 2.96. The number of esters is 1. The van der Waals surface area contributed by atoms with Crippen LogP contribution in [0.5, 0.6) is 0 Å². The van der Waals surface area contributed by atoms with Crippen LogP contribution in [0.2, 0.25) is 0 Å². The van der Waals surface area contributed by atoms with Crippen LogP contribution in [0.15, 0.2) is 40.2 Å². The monoisotopic (exact) mass is 371 g/mol. The topological polar surface area (TPSA) is 38.3 Å². The Hall–Kier alpha value is -1.24. The number of ether oxygens (including phenoxy) is 1. The van der Waals surface area contributed by atoms with Gasteiger partial charge in [-0.1, -0.05) is 12.1 Å². The van der Waals surface area contributed by atoms with Crippen molar-refractivity contribution < 1.29 is 13.9 Å². The van der Waals surface area contributed by atoms with Gasteiger partial charge in [-0.3, -0.25) is 5.32 Å². The van der Waals surface area contributed by atoms with E-state index in [0.29, 0.717) is 23.2 Å². The molecule has 2 aromatic rings. The Labute approximate surface area is 135 Å². The Morgan fingerprint density at radius 3 is 2.90 bits per heavy atom. The summed E-state index contributed by atoms with van der Waals surface area (Å²) in [5.74, 6) is -0.729. The molecule has 0 saturated carbocycles. The van der Waals surface area contributed by atoms with Crippen molar-refractivity contribution in [1.82, 2.24) is 5.32 Å². The zero-order valence-electron chi connectivity index (χ0n) is 11.4. The van der Waals surface area contributed by atoms with E-state index in [0.717, 1.165) is 4.88 Å². The number of carbonyl (C=O) groups excluding carboxylic acids is 1. The Morgan fingerprint density at radius 1 is 1.48 bits per heavy atom. The zero-order valence-corrected chi connectivity index (χ0v) is 13.8. The molecule has 1 N–H and O–H groups in total. The van der Waals surface area contributed by atoms with Gasteiger partial charge in [0.1, 0.15) is 11.9 Å². The largest absolute Gasteiger partial charge is 0.465 e. The molecule has 0 amide bonds. The van der Waals surface area contributed by atoms with Gasteiger partial charge < -0.3 is 4.74 Å². The minimum absolute atomic E-state index is 0.304. The maximum atomic E-state index is 13.3. The first-order chi connectivity index (χ1) is 10.1. The first-order valence-electron chi connectivity index (χ1n) is 6.49. The molecule has 112 valence electrons. The van der Waals surface area contributed by atoms with E-state index in [1.807, 2.05) is 17.5 Å². The number of halogens is 2. The third kappa shape index (κ3) is 4.36. The fourth-order valence-corrected chi connectivity index (χ4v) is 2.92. The third-order valence-corrected chi connectivity index (χ3v) is 4.34. The molecule has 0 saturated heterocycles. The van der Waals surface area contributed by atoms with Gasteiger partial charge in [-0.05, 0) is 52.0 Å². The third-order valence-electron chi connectivity index (χ3n) is 2.86. The number of carbonyl (C=O) groups is 1. The van der Waals surface area contributed by atoms with Crippen LogP contribution < -0.4 is 5.32 Å². The molecular formula is C15H15BrFNO2S. The molecule has 1 atom stereocenters. The number of hydrogen-bond donors (Lipinski definition) is 1. The van der Waals surface area contributed by atoms with Crippen molar-refractivity contribution in [3.8, 4) is 0 Å². The Bertz CT molecular complexity index is 604. The molecule has 0 spiro atoms. The second-order valence-corrected chi connectivity index (χ2v) is 6.21. The van der Waals surface area contributed by atoms with Crippen LogP contribution in [0.4, 0.5) is 4.39 Å². The van der Waals surface area contributed by atoms with E-state index in [-0.39, 0.29) is 11.8 Å². The van der Waals surface area contributed by atoms with Gasteiger partial charge in [0.05, 0.1) is 11.1 Å². The predicted octanol–water partition coefficient (Wildman–Crippen LogP) is 4.04. The highest BCUT2D eigenvalue weighted by Gasteiger charge is 2.22. The quantitative estimate of drug-likeness (QED) is 0.778. The Kier molecular flexibility index (Phi) is 5.90. The summed E-state index contributed by atoms with van der Waals surface area (Å²) in [5, 5.41) is 5.14. The fraction of sp³-hybridized carbons (Fsp3) is 0.267. The maximum absolute atomic E-state index is 13.3. The fourth-order valence-electron chi connectivity index (χ4n) is 1.87. The highest BCUT2D eigenvalue weighted by Crippen LogP contribution is 2.23. The van der Waals surface area contributed by atoms with E-state index in [4.69, 9.17) is 4.74 Å². The van der Waals surface area contributed by atoms with Gasteiger partial charge >= 0.3 is 5.97 Å². The lowest BCUT2D eigenvalue weighted by Crippen LogP contribution is -2.29. The van der Waals surface area contributed by atoms with E-state index in [9.17, 15) is 9.18 Å². The molecule has 1 aromatic heterocycles. The molecule has 21 heavy (non-hydrogen) atoms. The van der Waals surface area contributed by atoms with Gasteiger partial charge in [0.25, 0.3) is 0 Å². The zero-order chi connectivity index (χ0) is 15.2. The maximum Gasteiger partial charge on any atom is 0.327 e. The van der Waals surface area contributed by atoms with E-state index < -0.39 is 6.04 Å². The highest BCUT2D eigenvalue weighted by molar-refractivity contribution is 9.10. The molecule has 3 nitrogen and oxygen atoms in total. The van der Waals surface area contributed by atoms with Crippen molar-refractivity contribution in [1.29, 1.82) is 0 Å². The average molecular weight is 372 g/mol. The van der Waals surface area contributed by atoms with Gasteiger partial charge in [0.2, 0.25) is 0 Å². The molecule has 1 aromatic carbocycles. The van der Waals surface area contributed by atoms with Crippen molar-refractivity contribution in [2.24, 2.45) is 0 Å². The Balaban J connectivity index is 2.18. The van der Waals surface area contributed by atoms with E-state index in [1.54, 1.807) is 30.4 Å². The number of hydrogen-bond acceptors (Lipinski definition) is 4. The van der Waals surface area contributed by atoms with Crippen LogP contribution in [0.25, 0.3) is 0 Å². The van der Waals surface area contributed by atoms with Gasteiger partial charge in [-0.25, -0.2) is 9.18 Å². The van der Waals surface area contributed by atoms with E-state index >= 15 is 0 Å². The van der Waals surface area contributed by atoms with Crippen LogP contribution in [-0.4, -0.2) is 12.6 Å². The van der Waals surface area contributed by atoms with Crippen LogP contribution in [0.1, 0.15) is 23.4 Å². The number of benzene rings is 1. The normalized spacial score (nSPS) is 12.1. The van der Waals surface area contributed by atoms with Crippen molar-refractivity contribution in [3.05, 3.63) is 56.4 Å². The van der Waals surface area contributed by atoms with Crippen molar-refractivity contribution in [2.45, 2.75) is 19.5 Å². The van der Waals surface area contributed by atoms with E-state index in [1.165, 1.54) is 6.07 Å². The van der Waals surface area contributed by atoms with Crippen molar-refractivity contribution in [3.63, 3.8) is 0 Å². The lowest BCUT2D eigenvalue weighted by molar-refractivity contribution is -0.145. The molecule has 0 radical (unpaired) electrons. The summed E-state index contributed by atoms with van der Waals surface area (Å²) in [6.45, 7) is 2.61. The summed E-state index contributed by atoms with van der Waals surface area (Å²) >= 11 is 4.75. The highest BCUT2D eigenvalue weighted by atomic mass is 79.9. The Morgan fingerprint density at radius 2 is 2.29 bits per heavy atom. The van der Waals surface area contributed by atoms with Crippen LogP contribution in [0.3, 0.4) is 0 Å². The molecule has 0 aliphatic carbocycles. The summed E-state index contributed by atoms with van der Waals surface area (Å²) in [7, 11) is 0. The molecule has 0 fully saturated rings. The SMILES string of the molecule is CCOC(=O)C(NCc1cccs1)c1ccc(F)c(Br)c1. The summed E-state index contributed by atoms with van der Waals surface area (Å²) in [6, 6.07) is 7.83. The second-order valence-electron chi connectivity index (χ2n) is 4.32. The van der Waals surface area contributed by atoms with Gasteiger partial charge in [0.15, 0.2) is 0 Å². The molecule has 0 bridgehead atoms. The molecular weight excluding hydrogens is 357 g/mol. The molecule has 0 aliphatic heterocycles. The minimum Gasteiger partial charge on any atom is -0.465 e. The van der Waals surface area contributed by atoms with Gasteiger partial charge in [-0.2, -0.15) is 0 Å².